The molecule has 3 nitrogen and oxygen atoms in total. The third-order valence-corrected chi connectivity index (χ3v) is 4.28. The van der Waals surface area contributed by atoms with Crippen molar-refractivity contribution < 1.29 is 4.79 Å². The second kappa shape index (κ2) is 5.24. The number of benzene rings is 1. The van der Waals surface area contributed by atoms with Crippen LogP contribution in [-0.4, -0.2) is 18.5 Å². The Morgan fingerprint density at radius 3 is 2.63 bits per heavy atom. The summed E-state index contributed by atoms with van der Waals surface area (Å²) in [5.41, 5.74) is 3.44. The van der Waals surface area contributed by atoms with Gasteiger partial charge >= 0.3 is 0 Å². The van der Waals surface area contributed by atoms with E-state index in [9.17, 15) is 4.79 Å². The second-order valence-electron chi connectivity index (χ2n) is 5.91. The smallest absolute Gasteiger partial charge is 0.251 e. The molecule has 104 valence electrons. The van der Waals surface area contributed by atoms with Gasteiger partial charge in [0.25, 0.3) is 5.91 Å². The average molecular weight is 260 g/mol. The van der Waals surface area contributed by atoms with Gasteiger partial charge in [-0.3, -0.25) is 4.79 Å². The summed E-state index contributed by atoms with van der Waals surface area (Å²) < 4.78 is 0. The predicted molar refractivity (Wildman–Crippen MR) is 79.6 cm³/mol. The van der Waals surface area contributed by atoms with Crippen molar-refractivity contribution in [3.05, 3.63) is 29.3 Å². The highest BCUT2D eigenvalue weighted by Gasteiger charge is 2.42. The number of anilines is 1. The molecule has 0 bridgehead atoms. The van der Waals surface area contributed by atoms with E-state index in [1.54, 1.807) is 0 Å². The summed E-state index contributed by atoms with van der Waals surface area (Å²) in [5.74, 6) is -0.000599. The number of hydrogen-bond acceptors (Lipinski definition) is 2. The van der Waals surface area contributed by atoms with Crippen molar-refractivity contribution in [1.82, 2.24) is 5.32 Å². The molecule has 1 atom stereocenters. The first kappa shape index (κ1) is 13.9. The van der Waals surface area contributed by atoms with Crippen LogP contribution in [0.1, 0.15) is 49.5 Å². The number of hydrogen-bond donors (Lipinski definition) is 2. The van der Waals surface area contributed by atoms with E-state index in [4.69, 9.17) is 0 Å². The minimum atomic E-state index is -0.000599. The van der Waals surface area contributed by atoms with Crippen LogP contribution < -0.4 is 10.6 Å². The van der Waals surface area contributed by atoms with Crippen LogP contribution in [0.4, 0.5) is 5.69 Å². The van der Waals surface area contributed by atoms with Crippen LogP contribution in [0.15, 0.2) is 18.2 Å². The van der Waals surface area contributed by atoms with Gasteiger partial charge in [0, 0.05) is 23.8 Å². The first-order valence-corrected chi connectivity index (χ1v) is 7.11. The molecule has 1 unspecified atom stereocenters. The molecule has 1 aliphatic carbocycles. The Morgan fingerprint density at radius 1 is 1.42 bits per heavy atom. The van der Waals surface area contributed by atoms with E-state index < -0.39 is 0 Å². The summed E-state index contributed by atoms with van der Waals surface area (Å²) in [6.07, 6.45) is 2.61. The molecule has 1 amide bonds. The number of nitrogens with one attached hydrogen (secondary N) is 2. The molecule has 0 radical (unpaired) electrons. The fraction of sp³-hybridized carbons (Fsp3) is 0.562. The molecule has 2 rings (SSSR count). The van der Waals surface area contributed by atoms with Crippen molar-refractivity contribution in [2.24, 2.45) is 5.41 Å². The molecule has 0 saturated heterocycles. The third kappa shape index (κ3) is 3.09. The maximum atomic E-state index is 11.8. The summed E-state index contributed by atoms with van der Waals surface area (Å²) in [7, 11) is 0. The van der Waals surface area contributed by atoms with Gasteiger partial charge in [-0.15, -0.1) is 0 Å². The number of amides is 1. The van der Waals surface area contributed by atoms with E-state index in [-0.39, 0.29) is 5.91 Å². The van der Waals surface area contributed by atoms with Gasteiger partial charge in [-0.1, -0.05) is 6.92 Å². The summed E-state index contributed by atoms with van der Waals surface area (Å²) >= 11 is 0. The number of carbonyl (C=O) groups is 1. The van der Waals surface area contributed by atoms with Gasteiger partial charge in [0.1, 0.15) is 0 Å². The second-order valence-corrected chi connectivity index (χ2v) is 5.91. The van der Waals surface area contributed by atoms with Crippen LogP contribution in [0.25, 0.3) is 0 Å². The Hall–Kier alpha value is -1.51. The lowest BCUT2D eigenvalue weighted by atomic mass is 9.99. The number of carbonyl (C=O) groups excluding carboxylic acids is 1. The molecule has 1 aliphatic rings. The summed E-state index contributed by atoms with van der Waals surface area (Å²) in [4.78, 5) is 11.8. The molecule has 1 aromatic rings. The monoisotopic (exact) mass is 260 g/mol. The van der Waals surface area contributed by atoms with Crippen LogP contribution >= 0.6 is 0 Å². The van der Waals surface area contributed by atoms with E-state index in [0.717, 1.165) is 16.8 Å². The first-order valence-electron chi connectivity index (χ1n) is 7.11. The van der Waals surface area contributed by atoms with Crippen molar-refractivity contribution in [2.45, 2.75) is 46.6 Å². The van der Waals surface area contributed by atoms with Crippen molar-refractivity contribution >= 4 is 11.6 Å². The van der Waals surface area contributed by atoms with Crippen LogP contribution in [0.2, 0.25) is 0 Å². The lowest BCUT2D eigenvalue weighted by molar-refractivity contribution is 0.0956. The Bertz CT molecular complexity index is 478. The minimum Gasteiger partial charge on any atom is -0.382 e. The van der Waals surface area contributed by atoms with Gasteiger partial charge in [0.15, 0.2) is 0 Å². The summed E-state index contributed by atoms with van der Waals surface area (Å²) in [5, 5.41) is 6.40. The van der Waals surface area contributed by atoms with Crippen LogP contribution in [0, 0.1) is 12.3 Å². The molecule has 1 aromatic carbocycles. The molecule has 0 heterocycles. The summed E-state index contributed by atoms with van der Waals surface area (Å²) in [6.45, 7) is 9.20. The Labute approximate surface area is 115 Å². The normalized spacial score (nSPS) is 17.7. The van der Waals surface area contributed by atoms with E-state index in [1.807, 2.05) is 32.0 Å². The molecule has 0 aromatic heterocycles. The topological polar surface area (TPSA) is 41.1 Å². The molecular formula is C16H24N2O. The quantitative estimate of drug-likeness (QED) is 0.852. The summed E-state index contributed by atoms with van der Waals surface area (Å²) in [6, 6.07) is 6.33. The minimum absolute atomic E-state index is 0.000599. The van der Waals surface area contributed by atoms with Crippen molar-refractivity contribution in [3.63, 3.8) is 0 Å². The molecule has 1 fully saturated rings. The van der Waals surface area contributed by atoms with E-state index >= 15 is 0 Å². The molecule has 1 saturated carbocycles. The van der Waals surface area contributed by atoms with Gasteiger partial charge in [-0.2, -0.15) is 0 Å². The van der Waals surface area contributed by atoms with Crippen LogP contribution in [0.3, 0.4) is 0 Å². The van der Waals surface area contributed by atoms with Crippen molar-refractivity contribution in [3.8, 4) is 0 Å². The maximum absolute atomic E-state index is 11.8. The lowest BCUT2D eigenvalue weighted by Gasteiger charge is -2.23. The predicted octanol–water partition coefficient (Wildman–Crippen LogP) is 3.35. The fourth-order valence-electron chi connectivity index (χ4n) is 2.27. The standard InChI is InChI=1S/C16H24N2O/c1-5-17-15(19)13-6-7-14(11(2)10-13)18-12(3)16(4)8-9-16/h6-7,10,12,18H,5,8-9H2,1-4H3,(H,17,19). The SMILES string of the molecule is CCNC(=O)c1ccc(NC(C)C2(C)CC2)c(C)c1. The molecule has 0 aliphatic heterocycles. The molecule has 2 N–H and O–H groups in total. The Morgan fingerprint density at radius 2 is 2.11 bits per heavy atom. The zero-order chi connectivity index (χ0) is 14.0. The van der Waals surface area contributed by atoms with E-state index in [0.29, 0.717) is 18.0 Å². The average Bonchev–Trinajstić information content (AvgIpc) is 3.11. The highest BCUT2D eigenvalue weighted by molar-refractivity contribution is 5.94. The zero-order valence-electron chi connectivity index (χ0n) is 12.3. The van der Waals surface area contributed by atoms with Crippen molar-refractivity contribution in [2.75, 3.05) is 11.9 Å². The lowest BCUT2D eigenvalue weighted by Crippen LogP contribution is -2.26. The fourth-order valence-corrected chi connectivity index (χ4v) is 2.27. The largest absolute Gasteiger partial charge is 0.382 e. The van der Waals surface area contributed by atoms with Crippen molar-refractivity contribution in [1.29, 1.82) is 0 Å². The number of aryl methyl sites for hydroxylation is 1. The van der Waals surface area contributed by atoms with Gasteiger partial charge in [0.05, 0.1) is 0 Å². The Kier molecular flexibility index (Phi) is 3.83. The van der Waals surface area contributed by atoms with Gasteiger partial charge in [0.2, 0.25) is 0 Å². The maximum Gasteiger partial charge on any atom is 0.251 e. The Balaban J connectivity index is 2.08. The highest BCUT2D eigenvalue weighted by atomic mass is 16.1. The molecule has 19 heavy (non-hydrogen) atoms. The zero-order valence-corrected chi connectivity index (χ0v) is 12.3. The van der Waals surface area contributed by atoms with E-state index in [2.05, 4.69) is 24.5 Å². The first-order chi connectivity index (χ1) is 8.96. The van der Waals surface area contributed by atoms with Crippen LogP contribution in [-0.2, 0) is 0 Å². The number of rotatable bonds is 5. The third-order valence-electron chi connectivity index (χ3n) is 4.28. The van der Waals surface area contributed by atoms with E-state index in [1.165, 1.54) is 12.8 Å². The highest BCUT2D eigenvalue weighted by Crippen LogP contribution is 2.48. The molecular weight excluding hydrogens is 236 g/mol. The molecule has 3 heteroatoms. The molecule has 0 spiro atoms. The van der Waals surface area contributed by atoms with Gasteiger partial charge in [-0.25, -0.2) is 0 Å². The van der Waals surface area contributed by atoms with Gasteiger partial charge < -0.3 is 10.6 Å². The van der Waals surface area contributed by atoms with Crippen LogP contribution in [0.5, 0.6) is 0 Å². The van der Waals surface area contributed by atoms with Gasteiger partial charge in [-0.05, 0) is 62.8 Å².